The minimum absolute atomic E-state index is 0.173. The van der Waals surface area contributed by atoms with Crippen molar-refractivity contribution in [2.75, 3.05) is 51.7 Å². The highest BCUT2D eigenvalue weighted by Gasteiger charge is 2.30. The molecule has 2 fully saturated rings. The number of morpholine rings is 1. The summed E-state index contributed by atoms with van der Waals surface area (Å²) in [7, 11) is 0. The predicted octanol–water partition coefficient (Wildman–Crippen LogP) is 3.27. The second kappa shape index (κ2) is 10.7. The van der Waals surface area contributed by atoms with Crippen LogP contribution in [0, 0.1) is 12.8 Å². The van der Waals surface area contributed by atoms with Crippen molar-refractivity contribution in [1.29, 1.82) is 0 Å². The number of aromatic nitrogens is 2. The molecule has 30 heavy (non-hydrogen) atoms. The highest BCUT2D eigenvalue weighted by molar-refractivity contribution is 7.99. The SMILES string of the molecule is Cc1cnc(SCCN2CCOCC2)nc1C1CCCN(C(=O)C2CC=CCC2)C1. The van der Waals surface area contributed by atoms with Gasteiger partial charge in [-0.3, -0.25) is 9.69 Å². The van der Waals surface area contributed by atoms with E-state index in [-0.39, 0.29) is 5.92 Å². The summed E-state index contributed by atoms with van der Waals surface area (Å²) in [6.45, 7) is 8.54. The Morgan fingerprint density at radius 1 is 1.23 bits per heavy atom. The molecule has 164 valence electrons. The Hall–Kier alpha value is -1.44. The number of amides is 1. The first kappa shape index (κ1) is 21.8. The first-order chi connectivity index (χ1) is 14.7. The number of likely N-dealkylation sites (tertiary alicyclic amines) is 1. The lowest BCUT2D eigenvalue weighted by Crippen LogP contribution is -2.42. The third-order valence-corrected chi connectivity index (χ3v) is 7.31. The molecule has 0 aromatic carbocycles. The number of hydrogen-bond acceptors (Lipinski definition) is 6. The smallest absolute Gasteiger partial charge is 0.226 e. The summed E-state index contributed by atoms with van der Waals surface area (Å²) in [5, 5.41) is 0.865. The third kappa shape index (κ3) is 5.62. The van der Waals surface area contributed by atoms with E-state index in [0.717, 1.165) is 100 Å². The number of piperidine rings is 1. The molecule has 1 aliphatic carbocycles. The van der Waals surface area contributed by atoms with Gasteiger partial charge in [-0.15, -0.1) is 0 Å². The fraction of sp³-hybridized carbons (Fsp3) is 0.696. The van der Waals surface area contributed by atoms with Crippen LogP contribution in [0.2, 0.25) is 0 Å². The second-order valence-electron chi connectivity index (χ2n) is 8.63. The van der Waals surface area contributed by atoms with E-state index in [4.69, 9.17) is 9.72 Å². The highest BCUT2D eigenvalue weighted by Crippen LogP contribution is 2.31. The summed E-state index contributed by atoms with van der Waals surface area (Å²) in [6.07, 6.45) is 11.4. The lowest BCUT2D eigenvalue weighted by atomic mass is 9.89. The molecule has 1 aromatic heterocycles. The van der Waals surface area contributed by atoms with Gasteiger partial charge in [0.15, 0.2) is 5.16 Å². The molecule has 2 saturated heterocycles. The molecule has 0 radical (unpaired) electrons. The number of ether oxygens (including phenoxy) is 1. The van der Waals surface area contributed by atoms with Crippen LogP contribution in [-0.2, 0) is 9.53 Å². The lowest BCUT2D eigenvalue weighted by molar-refractivity contribution is -0.137. The van der Waals surface area contributed by atoms with E-state index in [0.29, 0.717) is 11.8 Å². The first-order valence-electron chi connectivity index (χ1n) is 11.4. The van der Waals surface area contributed by atoms with Crippen molar-refractivity contribution < 1.29 is 9.53 Å². The normalized spacial score (nSPS) is 25.4. The minimum atomic E-state index is 0.173. The van der Waals surface area contributed by atoms with Crippen LogP contribution in [0.4, 0.5) is 0 Å². The zero-order chi connectivity index (χ0) is 20.8. The van der Waals surface area contributed by atoms with Gasteiger partial charge < -0.3 is 9.64 Å². The molecule has 0 bridgehead atoms. The summed E-state index contributed by atoms with van der Waals surface area (Å²) in [5.74, 6) is 1.83. The van der Waals surface area contributed by atoms with Gasteiger partial charge in [0, 0.05) is 56.5 Å². The van der Waals surface area contributed by atoms with Crippen LogP contribution in [0.3, 0.4) is 0 Å². The van der Waals surface area contributed by atoms with E-state index < -0.39 is 0 Å². The fourth-order valence-electron chi connectivity index (χ4n) is 4.69. The molecular formula is C23H34N4O2S. The van der Waals surface area contributed by atoms with Crippen LogP contribution in [0.25, 0.3) is 0 Å². The molecule has 2 aliphatic heterocycles. The Labute approximate surface area is 184 Å². The van der Waals surface area contributed by atoms with Gasteiger partial charge in [-0.2, -0.15) is 0 Å². The molecule has 7 heteroatoms. The largest absolute Gasteiger partial charge is 0.379 e. The van der Waals surface area contributed by atoms with E-state index in [2.05, 4.69) is 33.9 Å². The average Bonchev–Trinajstić information content (AvgIpc) is 2.81. The van der Waals surface area contributed by atoms with Gasteiger partial charge in [0.05, 0.1) is 18.9 Å². The Bertz CT molecular complexity index is 751. The fourth-order valence-corrected chi connectivity index (χ4v) is 5.51. The van der Waals surface area contributed by atoms with Gasteiger partial charge in [-0.1, -0.05) is 23.9 Å². The summed E-state index contributed by atoms with van der Waals surface area (Å²) < 4.78 is 5.42. The van der Waals surface area contributed by atoms with Crippen molar-refractivity contribution in [2.24, 2.45) is 5.92 Å². The van der Waals surface area contributed by atoms with Gasteiger partial charge in [-0.05, 0) is 44.6 Å². The summed E-state index contributed by atoms with van der Waals surface area (Å²) in [6, 6.07) is 0. The van der Waals surface area contributed by atoms with Crippen molar-refractivity contribution in [2.45, 2.75) is 50.1 Å². The van der Waals surface area contributed by atoms with Crippen molar-refractivity contribution in [3.05, 3.63) is 29.6 Å². The maximum absolute atomic E-state index is 13.0. The number of hydrogen-bond donors (Lipinski definition) is 0. The predicted molar refractivity (Wildman–Crippen MR) is 120 cm³/mol. The van der Waals surface area contributed by atoms with E-state index >= 15 is 0 Å². The molecule has 3 aliphatic rings. The number of carbonyl (C=O) groups is 1. The third-order valence-electron chi connectivity index (χ3n) is 6.47. The maximum Gasteiger partial charge on any atom is 0.226 e. The monoisotopic (exact) mass is 430 g/mol. The molecule has 4 rings (SSSR count). The zero-order valence-corrected chi connectivity index (χ0v) is 18.9. The van der Waals surface area contributed by atoms with Gasteiger partial charge in [0.1, 0.15) is 0 Å². The Kier molecular flexibility index (Phi) is 7.79. The molecular weight excluding hydrogens is 396 g/mol. The number of allylic oxidation sites excluding steroid dienone is 2. The Balaban J connectivity index is 1.35. The molecule has 2 unspecified atom stereocenters. The van der Waals surface area contributed by atoms with Crippen molar-refractivity contribution >= 4 is 17.7 Å². The van der Waals surface area contributed by atoms with E-state index in [1.54, 1.807) is 11.8 Å². The molecule has 6 nitrogen and oxygen atoms in total. The summed E-state index contributed by atoms with van der Waals surface area (Å²) in [4.78, 5) is 27.1. The second-order valence-corrected chi connectivity index (χ2v) is 9.69. The van der Waals surface area contributed by atoms with Gasteiger partial charge in [0.2, 0.25) is 5.91 Å². The molecule has 1 amide bonds. The van der Waals surface area contributed by atoms with Crippen LogP contribution in [0.5, 0.6) is 0 Å². The van der Waals surface area contributed by atoms with Crippen molar-refractivity contribution in [1.82, 2.24) is 19.8 Å². The van der Waals surface area contributed by atoms with Crippen molar-refractivity contribution in [3.63, 3.8) is 0 Å². The molecule has 0 saturated carbocycles. The Morgan fingerprint density at radius 2 is 2.10 bits per heavy atom. The standard InChI is InChI=1S/C23H34N4O2S/c1-18-16-24-23(30-15-12-26-10-13-29-14-11-26)25-21(18)20-8-5-9-27(17-20)22(28)19-6-3-2-4-7-19/h2-3,16,19-20H,4-15,17H2,1H3. The summed E-state index contributed by atoms with van der Waals surface area (Å²) in [5.41, 5.74) is 2.28. The van der Waals surface area contributed by atoms with Crippen LogP contribution < -0.4 is 0 Å². The Morgan fingerprint density at radius 3 is 2.90 bits per heavy atom. The van der Waals surface area contributed by atoms with Crippen LogP contribution >= 0.6 is 11.8 Å². The molecule has 2 atom stereocenters. The number of carbonyl (C=O) groups excluding carboxylic acids is 1. The zero-order valence-electron chi connectivity index (χ0n) is 18.1. The van der Waals surface area contributed by atoms with Gasteiger partial charge >= 0.3 is 0 Å². The first-order valence-corrected chi connectivity index (χ1v) is 12.4. The molecule has 1 aromatic rings. The van der Waals surface area contributed by atoms with Crippen molar-refractivity contribution in [3.8, 4) is 0 Å². The minimum Gasteiger partial charge on any atom is -0.379 e. The van der Waals surface area contributed by atoms with E-state index in [9.17, 15) is 4.79 Å². The van der Waals surface area contributed by atoms with Gasteiger partial charge in [0.25, 0.3) is 0 Å². The lowest BCUT2D eigenvalue weighted by Gasteiger charge is -2.35. The van der Waals surface area contributed by atoms with Gasteiger partial charge in [-0.25, -0.2) is 9.97 Å². The highest BCUT2D eigenvalue weighted by atomic mass is 32.2. The molecule has 0 N–H and O–H groups in total. The quantitative estimate of drug-likeness (QED) is 0.392. The van der Waals surface area contributed by atoms with Crippen LogP contribution in [0.1, 0.15) is 49.3 Å². The number of thioether (sulfide) groups is 1. The summed E-state index contributed by atoms with van der Waals surface area (Å²) >= 11 is 1.74. The number of aryl methyl sites for hydroxylation is 1. The van der Waals surface area contributed by atoms with Crippen LogP contribution in [-0.4, -0.2) is 77.4 Å². The average molecular weight is 431 g/mol. The maximum atomic E-state index is 13.0. The van der Waals surface area contributed by atoms with E-state index in [1.807, 2.05) is 6.20 Å². The number of rotatable bonds is 6. The van der Waals surface area contributed by atoms with Crippen LogP contribution in [0.15, 0.2) is 23.5 Å². The topological polar surface area (TPSA) is 58.6 Å². The number of nitrogens with zero attached hydrogens (tertiary/aromatic N) is 4. The van der Waals surface area contributed by atoms with E-state index in [1.165, 1.54) is 0 Å². The molecule has 0 spiro atoms. The molecule has 3 heterocycles.